The van der Waals surface area contributed by atoms with Crippen LogP contribution >= 0.6 is 11.6 Å². The molecular formula is C13H4ClF16N. The second kappa shape index (κ2) is 7.93. The fourth-order valence-corrected chi connectivity index (χ4v) is 1.67. The molecule has 0 aromatic heterocycles. The number of hydrogen-bond donors (Lipinski definition) is 0. The van der Waals surface area contributed by atoms with Crippen LogP contribution in [0.2, 0.25) is 0 Å². The van der Waals surface area contributed by atoms with Gasteiger partial charge in [0, 0.05) is 6.08 Å². The van der Waals surface area contributed by atoms with Crippen molar-refractivity contribution < 1.29 is 70.2 Å². The minimum atomic E-state index is -8.49. The number of hydrogen-bond acceptors (Lipinski definition) is 1. The van der Waals surface area contributed by atoms with Gasteiger partial charge in [-0.2, -0.15) is 75.5 Å². The quantitative estimate of drug-likeness (QED) is 0.142. The van der Waals surface area contributed by atoms with Gasteiger partial charge in [0.05, 0.1) is 6.07 Å². The minimum Gasteiger partial charge on any atom is -0.195 e. The fraction of sp³-hybridized carbons (Fsp3) is 0.615. The van der Waals surface area contributed by atoms with E-state index >= 15 is 0 Å². The number of halogens is 17. The molecule has 180 valence electrons. The summed E-state index contributed by atoms with van der Waals surface area (Å²) in [6.07, 6.45) is -1.32. The Kier molecular flexibility index (Phi) is 7.45. The van der Waals surface area contributed by atoms with Gasteiger partial charge in [0.2, 0.25) is 0 Å². The summed E-state index contributed by atoms with van der Waals surface area (Å²) >= 11 is 3.39. The SMILES string of the molecule is N#C/C=C/C=C/C(F)(F)C(F)(F)C(F)(F)C(F)(F)C(F)(F)C(F)(F)C(F)(F)C(F)(F)Cl. The summed E-state index contributed by atoms with van der Waals surface area (Å²) in [6, 6.07) is 1.05. The summed E-state index contributed by atoms with van der Waals surface area (Å²) in [5, 5.41) is 1.16. The van der Waals surface area contributed by atoms with Crippen LogP contribution in [0.25, 0.3) is 0 Å². The number of nitrogens with zero attached hydrogens (tertiary/aromatic N) is 1. The molecule has 0 saturated heterocycles. The molecule has 0 aromatic rings. The summed E-state index contributed by atoms with van der Waals surface area (Å²) in [5.41, 5.74) is 0. The number of allylic oxidation sites excluding steroid dienone is 4. The van der Waals surface area contributed by atoms with Gasteiger partial charge in [0.1, 0.15) is 0 Å². The Labute approximate surface area is 165 Å². The van der Waals surface area contributed by atoms with Gasteiger partial charge in [-0.1, -0.05) is 12.2 Å². The largest absolute Gasteiger partial charge is 0.393 e. The lowest BCUT2D eigenvalue weighted by atomic mass is 9.89. The Morgan fingerprint density at radius 2 is 0.839 bits per heavy atom. The van der Waals surface area contributed by atoms with Crippen molar-refractivity contribution in [3.63, 3.8) is 0 Å². The topological polar surface area (TPSA) is 23.8 Å². The van der Waals surface area contributed by atoms with E-state index in [-0.39, 0.29) is 18.2 Å². The van der Waals surface area contributed by atoms with Gasteiger partial charge < -0.3 is 0 Å². The second-order valence-corrected chi connectivity index (χ2v) is 5.89. The maximum absolute atomic E-state index is 13.4. The smallest absolute Gasteiger partial charge is 0.195 e. The van der Waals surface area contributed by atoms with Crippen molar-refractivity contribution in [1.29, 1.82) is 5.26 Å². The van der Waals surface area contributed by atoms with E-state index in [1.165, 1.54) is 0 Å². The lowest BCUT2D eigenvalue weighted by Crippen LogP contribution is -2.74. The van der Waals surface area contributed by atoms with Crippen molar-refractivity contribution in [2.45, 2.75) is 46.8 Å². The summed E-state index contributed by atoms with van der Waals surface area (Å²) in [7, 11) is 0. The van der Waals surface area contributed by atoms with Crippen molar-refractivity contribution in [3.8, 4) is 6.07 Å². The molecule has 1 nitrogen and oxygen atoms in total. The van der Waals surface area contributed by atoms with Gasteiger partial charge in [-0.15, -0.1) is 0 Å². The third-order valence-corrected chi connectivity index (χ3v) is 3.57. The van der Waals surface area contributed by atoms with Crippen LogP contribution < -0.4 is 0 Å². The molecule has 0 spiro atoms. The van der Waals surface area contributed by atoms with Crippen LogP contribution in [0.3, 0.4) is 0 Å². The predicted molar refractivity (Wildman–Crippen MR) is 69.3 cm³/mol. The molecule has 31 heavy (non-hydrogen) atoms. The zero-order valence-electron chi connectivity index (χ0n) is 13.7. The first kappa shape index (κ1) is 29.1. The molecule has 0 rings (SSSR count). The van der Waals surface area contributed by atoms with Gasteiger partial charge in [-0.3, -0.25) is 0 Å². The monoisotopic (exact) mass is 513 g/mol. The predicted octanol–water partition coefficient (Wildman–Crippen LogP) is 6.90. The summed E-state index contributed by atoms with van der Waals surface area (Å²) < 4.78 is 210. The number of nitriles is 1. The standard InChI is InChI=1S/C13H4ClF16N/c14-13(29,30)12(27,28)11(25,26)10(23,24)9(21,22)8(19,20)7(17,18)6(15,16)4-2-1-3-5-31/h1-4H/b3-1+,4-2+. The van der Waals surface area contributed by atoms with E-state index in [4.69, 9.17) is 5.26 Å². The van der Waals surface area contributed by atoms with Crippen LogP contribution in [0.4, 0.5) is 70.2 Å². The van der Waals surface area contributed by atoms with Crippen LogP contribution in [0.5, 0.6) is 0 Å². The molecule has 0 atom stereocenters. The van der Waals surface area contributed by atoms with Crippen LogP contribution in [-0.4, -0.2) is 46.8 Å². The van der Waals surface area contributed by atoms with Gasteiger partial charge in [-0.25, -0.2) is 0 Å². The van der Waals surface area contributed by atoms with Crippen LogP contribution in [0.1, 0.15) is 0 Å². The Bertz CT molecular complexity index is 754. The van der Waals surface area contributed by atoms with Crippen molar-refractivity contribution in [1.82, 2.24) is 0 Å². The van der Waals surface area contributed by atoms with Crippen molar-refractivity contribution in [3.05, 3.63) is 24.3 Å². The molecule has 0 aromatic carbocycles. The Balaban J connectivity index is 6.66. The fourth-order valence-electron chi connectivity index (χ4n) is 1.56. The highest BCUT2D eigenvalue weighted by molar-refractivity contribution is 6.22. The average molecular weight is 514 g/mol. The minimum absolute atomic E-state index is 0.131. The second-order valence-electron chi connectivity index (χ2n) is 5.41. The van der Waals surface area contributed by atoms with E-state index in [2.05, 4.69) is 11.6 Å². The summed E-state index contributed by atoms with van der Waals surface area (Å²) in [5.74, 6) is -55.5. The van der Waals surface area contributed by atoms with E-state index in [1.54, 1.807) is 0 Å². The van der Waals surface area contributed by atoms with Crippen LogP contribution in [-0.2, 0) is 0 Å². The van der Waals surface area contributed by atoms with Crippen LogP contribution in [0.15, 0.2) is 24.3 Å². The maximum atomic E-state index is 13.4. The Hall–Kier alpha value is -1.86. The van der Waals surface area contributed by atoms with E-state index in [0.717, 1.165) is 6.07 Å². The molecule has 0 N–H and O–H groups in total. The van der Waals surface area contributed by atoms with Crippen LogP contribution in [0, 0.1) is 11.3 Å². The first-order valence-electron chi connectivity index (χ1n) is 6.76. The summed E-state index contributed by atoms with van der Waals surface area (Å²) in [4.78, 5) is 0. The Morgan fingerprint density at radius 1 is 0.516 bits per heavy atom. The lowest BCUT2D eigenvalue weighted by Gasteiger charge is -2.42. The molecule has 18 heteroatoms. The van der Waals surface area contributed by atoms with Gasteiger partial charge >= 0.3 is 46.8 Å². The highest BCUT2D eigenvalue weighted by Crippen LogP contribution is 2.64. The van der Waals surface area contributed by atoms with E-state index in [0.29, 0.717) is 0 Å². The first-order chi connectivity index (χ1) is 13.3. The average Bonchev–Trinajstić information content (AvgIpc) is 2.56. The van der Waals surface area contributed by atoms with Crippen molar-refractivity contribution in [2.24, 2.45) is 0 Å². The van der Waals surface area contributed by atoms with E-state index in [9.17, 15) is 70.2 Å². The molecule has 0 bridgehead atoms. The number of alkyl halides is 17. The summed E-state index contributed by atoms with van der Waals surface area (Å²) in [6.45, 7) is 0. The van der Waals surface area contributed by atoms with E-state index in [1.807, 2.05) is 0 Å². The lowest BCUT2D eigenvalue weighted by molar-refractivity contribution is -0.446. The highest BCUT2D eigenvalue weighted by Gasteiger charge is 2.94. The van der Waals surface area contributed by atoms with Gasteiger partial charge in [-0.05, 0) is 17.7 Å². The molecule has 0 radical (unpaired) electrons. The molecule has 0 unspecified atom stereocenters. The van der Waals surface area contributed by atoms with Gasteiger partial charge in [0.15, 0.2) is 0 Å². The molecule has 0 aliphatic rings. The molecule has 0 amide bonds. The zero-order chi connectivity index (χ0) is 25.5. The first-order valence-corrected chi connectivity index (χ1v) is 7.14. The maximum Gasteiger partial charge on any atom is 0.393 e. The molecular weight excluding hydrogens is 510 g/mol. The van der Waals surface area contributed by atoms with Gasteiger partial charge in [0.25, 0.3) is 0 Å². The normalized spacial score (nSPS) is 16.3. The Morgan fingerprint density at radius 3 is 1.16 bits per heavy atom. The third-order valence-electron chi connectivity index (χ3n) is 3.33. The van der Waals surface area contributed by atoms with Crippen molar-refractivity contribution in [2.75, 3.05) is 0 Å². The third kappa shape index (κ3) is 4.14. The number of rotatable bonds is 9. The molecule has 0 heterocycles. The molecule has 0 aliphatic carbocycles. The molecule has 0 fully saturated rings. The highest BCUT2D eigenvalue weighted by atomic mass is 35.5. The molecule has 0 aliphatic heterocycles. The van der Waals surface area contributed by atoms with Crippen molar-refractivity contribution >= 4 is 11.6 Å². The van der Waals surface area contributed by atoms with E-state index < -0.39 is 52.9 Å². The zero-order valence-corrected chi connectivity index (χ0v) is 14.4. The molecule has 0 saturated carbocycles.